The molecule has 2 rings (SSSR count). The number of nitrogens with one attached hydrogen (secondary N) is 2. The number of rotatable bonds is 5. The Morgan fingerprint density at radius 2 is 1.54 bits per heavy atom. The summed E-state index contributed by atoms with van der Waals surface area (Å²) in [6.07, 6.45) is 0. The second-order valence-corrected chi connectivity index (χ2v) is 6.77. The van der Waals surface area contributed by atoms with Gasteiger partial charge in [-0.2, -0.15) is 0 Å². The molecular weight excluding hydrogens is 332 g/mol. The summed E-state index contributed by atoms with van der Waals surface area (Å²) in [5, 5.41) is 0. The molecule has 0 fully saturated rings. The monoisotopic (exact) mass is 356 g/mol. The molecule has 0 radical (unpaired) electrons. The summed E-state index contributed by atoms with van der Waals surface area (Å²) < 4.78 is 10.5. The predicted octanol–water partition coefficient (Wildman–Crippen LogP) is 2.83. The van der Waals surface area contributed by atoms with Gasteiger partial charge in [0.05, 0.1) is 7.11 Å². The number of hydrogen-bond acceptors (Lipinski definition) is 4. The van der Waals surface area contributed by atoms with Crippen LogP contribution in [-0.4, -0.2) is 25.5 Å². The summed E-state index contributed by atoms with van der Waals surface area (Å²) in [5.74, 6) is 0.115. The molecule has 0 heterocycles. The normalized spacial score (nSPS) is 10.8. The Labute approximate surface area is 153 Å². The maximum Gasteiger partial charge on any atom is 0.276 e. The van der Waals surface area contributed by atoms with Crippen LogP contribution in [0.5, 0.6) is 11.5 Å². The minimum Gasteiger partial charge on any atom is -0.493 e. The largest absolute Gasteiger partial charge is 0.493 e. The van der Waals surface area contributed by atoms with Crippen LogP contribution in [0.15, 0.2) is 48.5 Å². The average molecular weight is 356 g/mol. The van der Waals surface area contributed by atoms with Crippen molar-refractivity contribution in [2.24, 2.45) is 0 Å². The number of carbonyl (C=O) groups is 2. The van der Waals surface area contributed by atoms with Gasteiger partial charge in [0.1, 0.15) is 0 Å². The van der Waals surface area contributed by atoms with Crippen molar-refractivity contribution in [1.29, 1.82) is 0 Å². The molecule has 6 heteroatoms. The summed E-state index contributed by atoms with van der Waals surface area (Å²) in [6, 6.07) is 14.3. The lowest BCUT2D eigenvalue weighted by Gasteiger charge is -2.19. The molecule has 0 aliphatic rings. The van der Waals surface area contributed by atoms with Crippen molar-refractivity contribution < 1.29 is 19.1 Å². The molecule has 0 atom stereocenters. The zero-order chi connectivity index (χ0) is 19.2. The summed E-state index contributed by atoms with van der Waals surface area (Å²) >= 11 is 0. The first-order chi connectivity index (χ1) is 12.3. The van der Waals surface area contributed by atoms with E-state index >= 15 is 0 Å². The molecule has 2 N–H and O–H groups in total. The van der Waals surface area contributed by atoms with Crippen LogP contribution < -0.4 is 20.3 Å². The van der Waals surface area contributed by atoms with Crippen LogP contribution in [0.25, 0.3) is 0 Å². The van der Waals surface area contributed by atoms with Crippen LogP contribution in [0.1, 0.15) is 36.7 Å². The van der Waals surface area contributed by atoms with Crippen molar-refractivity contribution >= 4 is 11.8 Å². The lowest BCUT2D eigenvalue weighted by atomic mass is 9.87. The lowest BCUT2D eigenvalue weighted by Crippen LogP contribution is -2.43. The number of amides is 2. The van der Waals surface area contributed by atoms with E-state index in [1.807, 2.05) is 12.1 Å². The van der Waals surface area contributed by atoms with Crippen molar-refractivity contribution in [3.8, 4) is 11.5 Å². The number of para-hydroxylation sites is 2. The van der Waals surface area contributed by atoms with E-state index in [4.69, 9.17) is 9.47 Å². The molecule has 0 aliphatic heterocycles. The molecule has 138 valence electrons. The molecule has 6 nitrogen and oxygen atoms in total. The van der Waals surface area contributed by atoms with Gasteiger partial charge >= 0.3 is 0 Å². The minimum atomic E-state index is -0.476. The van der Waals surface area contributed by atoms with Crippen LogP contribution >= 0.6 is 0 Å². The van der Waals surface area contributed by atoms with Gasteiger partial charge in [0.25, 0.3) is 11.8 Å². The Morgan fingerprint density at radius 1 is 0.923 bits per heavy atom. The average Bonchev–Trinajstić information content (AvgIpc) is 2.64. The van der Waals surface area contributed by atoms with Crippen LogP contribution in [0.4, 0.5) is 0 Å². The van der Waals surface area contributed by atoms with Crippen LogP contribution in [0, 0.1) is 0 Å². The minimum absolute atomic E-state index is 0.0130. The highest BCUT2D eigenvalue weighted by atomic mass is 16.5. The Bertz CT molecular complexity index is 764. The third kappa shape index (κ3) is 5.24. The fourth-order valence-electron chi connectivity index (χ4n) is 2.24. The fraction of sp³-hybridized carbons (Fsp3) is 0.300. The standard InChI is InChI=1S/C20H24N2O4/c1-20(2,3)15-11-9-14(10-12-15)19(24)22-21-18(23)13-26-17-8-6-5-7-16(17)25-4/h5-12H,13H2,1-4H3,(H,21,23)(H,22,24). The molecule has 2 aromatic carbocycles. The van der Waals surface area contributed by atoms with Crippen molar-refractivity contribution in [2.75, 3.05) is 13.7 Å². The van der Waals surface area contributed by atoms with Gasteiger partial charge in [-0.25, -0.2) is 0 Å². The first kappa shape index (κ1) is 19.3. The van der Waals surface area contributed by atoms with Crippen LogP contribution in [-0.2, 0) is 10.2 Å². The number of ether oxygens (including phenoxy) is 2. The number of hydrogen-bond donors (Lipinski definition) is 2. The number of methoxy groups -OCH3 is 1. The first-order valence-electron chi connectivity index (χ1n) is 8.27. The highest BCUT2D eigenvalue weighted by Gasteiger charge is 2.14. The summed E-state index contributed by atoms with van der Waals surface area (Å²) in [5.41, 5.74) is 6.30. The number of benzene rings is 2. The molecule has 0 saturated carbocycles. The van der Waals surface area contributed by atoms with Gasteiger partial charge in [0, 0.05) is 5.56 Å². The Kier molecular flexibility index (Phi) is 6.22. The van der Waals surface area contributed by atoms with Gasteiger partial charge in [-0.15, -0.1) is 0 Å². The van der Waals surface area contributed by atoms with Gasteiger partial charge in [0.15, 0.2) is 18.1 Å². The second-order valence-electron chi connectivity index (χ2n) is 6.77. The van der Waals surface area contributed by atoms with Gasteiger partial charge in [-0.3, -0.25) is 20.4 Å². The molecule has 0 aromatic heterocycles. The van der Waals surface area contributed by atoms with E-state index in [0.29, 0.717) is 17.1 Å². The zero-order valence-electron chi connectivity index (χ0n) is 15.5. The highest BCUT2D eigenvalue weighted by molar-refractivity contribution is 5.95. The topological polar surface area (TPSA) is 76.7 Å². The third-order valence-electron chi connectivity index (χ3n) is 3.76. The Hall–Kier alpha value is -3.02. The SMILES string of the molecule is COc1ccccc1OCC(=O)NNC(=O)c1ccc(C(C)(C)C)cc1. The van der Waals surface area contributed by atoms with E-state index in [1.54, 1.807) is 36.4 Å². The van der Waals surface area contributed by atoms with Gasteiger partial charge < -0.3 is 9.47 Å². The molecule has 0 bridgehead atoms. The quantitative estimate of drug-likeness (QED) is 0.808. The van der Waals surface area contributed by atoms with E-state index in [2.05, 4.69) is 31.6 Å². The molecule has 0 aliphatic carbocycles. The van der Waals surface area contributed by atoms with Crippen molar-refractivity contribution in [1.82, 2.24) is 10.9 Å². The molecular formula is C20H24N2O4. The van der Waals surface area contributed by atoms with Crippen molar-refractivity contribution in [2.45, 2.75) is 26.2 Å². The van der Waals surface area contributed by atoms with Crippen molar-refractivity contribution in [3.63, 3.8) is 0 Å². The van der Waals surface area contributed by atoms with Gasteiger partial charge in [-0.1, -0.05) is 45.0 Å². The van der Waals surface area contributed by atoms with Crippen LogP contribution in [0.3, 0.4) is 0 Å². The fourth-order valence-corrected chi connectivity index (χ4v) is 2.24. The maximum absolute atomic E-state index is 12.1. The predicted molar refractivity (Wildman–Crippen MR) is 99.2 cm³/mol. The Balaban J connectivity index is 1.84. The molecule has 0 unspecified atom stereocenters. The smallest absolute Gasteiger partial charge is 0.276 e. The Morgan fingerprint density at radius 3 is 2.12 bits per heavy atom. The highest BCUT2D eigenvalue weighted by Crippen LogP contribution is 2.25. The van der Waals surface area contributed by atoms with Gasteiger partial charge in [0.2, 0.25) is 0 Å². The van der Waals surface area contributed by atoms with E-state index in [1.165, 1.54) is 7.11 Å². The zero-order valence-corrected chi connectivity index (χ0v) is 15.5. The first-order valence-corrected chi connectivity index (χ1v) is 8.27. The van der Waals surface area contributed by atoms with Crippen molar-refractivity contribution in [3.05, 3.63) is 59.7 Å². The summed E-state index contributed by atoms with van der Waals surface area (Å²) in [7, 11) is 1.52. The third-order valence-corrected chi connectivity index (χ3v) is 3.76. The summed E-state index contributed by atoms with van der Waals surface area (Å²) in [4.78, 5) is 23.9. The molecule has 0 saturated heterocycles. The maximum atomic E-state index is 12.1. The molecule has 26 heavy (non-hydrogen) atoms. The number of hydrazine groups is 1. The van der Waals surface area contributed by atoms with E-state index < -0.39 is 11.8 Å². The van der Waals surface area contributed by atoms with E-state index in [-0.39, 0.29) is 12.0 Å². The van der Waals surface area contributed by atoms with E-state index in [9.17, 15) is 9.59 Å². The number of carbonyl (C=O) groups excluding carboxylic acids is 2. The molecule has 0 spiro atoms. The molecule has 2 amide bonds. The second kappa shape index (κ2) is 8.38. The lowest BCUT2D eigenvalue weighted by molar-refractivity contribution is -0.123. The summed E-state index contributed by atoms with van der Waals surface area (Å²) in [6.45, 7) is 6.06. The molecule has 2 aromatic rings. The van der Waals surface area contributed by atoms with E-state index in [0.717, 1.165) is 5.56 Å². The van der Waals surface area contributed by atoms with Gasteiger partial charge in [-0.05, 0) is 35.2 Å². The van der Waals surface area contributed by atoms with Crippen LogP contribution in [0.2, 0.25) is 0 Å².